The van der Waals surface area contributed by atoms with Gasteiger partial charge in [-0.3, -0.25) is 0 Å². The Labute approximate surface area is 101 Å². The van der Waals surface area contributed by atoms with Gasteiger partial charge in [-0.25, -0.2) is 4.39 Å². The number of aliphatic hydroxyl groups is 1. The molecule has 0 heterocycles. The minimum Gasteiger partial charge on any atom is -0.494 e. The van der Waals surface area contributed by atoms with Gasteiger partial charge in [0.05, 0.1) is 7.11 Å². The molecule has 1 aromatic carbocycles. The van der Waals surface area contributed by atoms with Gasteiger partial charge in [0.1, 0.15) is 0 Å². The SMILES string of the molecule is COc1ccc(C(C)(CCO)C(C)N)cc1F. The maximum absolute atomic E-state index is 13.7. The average molecular weight is 241 g/mol. The molecule has 96 valence electrons. The van der Waals surface area contributed by atoms with Crippen LogP contribution in [0.4, 0.5) is 4.39 Å². The van der Waals surface area contributed by atoms with Gasteiger partial charge in [0.25, 0.3) is 0 Å². The van der Waals surface area contributed by atoms with Crippen LogP contribution in [0.1, 0.15) is 25.8 Å². The van der Waals surface area contributed by atoms with Gasteiger partial charge in [-0.1, -0.05) is 13.0 Å². The van der Waals surface area contributed by atoms with Crippen molar-refractivity contribution in [1.82, 2.24) is 0 Å². The van der Waals surface area contributed by atoms with Crippen molar-refractivity contribution in [3.63, 3.8) is 0 Å². The van der Waals surface area contributed by atoms with Crippen molar-refractivity contribution in [2.24, 2.45) is 5.73 Å². The van der Waals surface area contributed by atoms with E-state index in [9.17, 15) is 4.39 Å². The predicted octanol–water partition coefficient (Wildman–Crippen LogP) is 1.82. The van der Waals surface area contributed by atoms with Crippen LogP contribution in [0.5, 0.6) is 5.75 Å². The monoisotopic (exact) mass is 241 g/mol. The van der Waals surface area contributed by atoms with Gasteiger partial charge >= 0.3 is 0 Å². The average Bonchev–Trinajstić information content (AvgIpc) is 2.28. The third kappa shape index (κ3) is 2.76. The van der Waals surface area contributed by atoms with Crippen LogP contribution in [0.3, 0.4) is 0 Å². The number of rotatable bonds is 5. The fraction of sp³-hybridized carbons (Fsp3) is 0.538. The van der Waals surface area contributed by atoms with Crippen molar-refractivity contribution in [2.75, 3.05) is 13.7 Å². The molecule has 0 aliphatic carbocycles. The molecule has 0 saturated heterocycles. The third-order valence-corrected chi connectivity index (χ3v) is 3.45. The van der Waals surface area contributed by atoms with Crippen molar-refractivity contribution in [2.45, 2.75) is 31.7 Å². The van der Waals surface area contributed by atoms with Crippen LogP contribution in [0.15, 0.2) is 18.2 Å². The Kier molecular flexibility index (Phi) is 4.48. The second-order valence-corrected chi connectivity index (χ2v) is 4.53. The van der Waals surface area contributed by atoms with E-state index in [1.807, 2.05) is 13.8 Å². The molecule has 1 aromatic rings. The van der Waals surface area contributed by atoms with Crippen molar-refractivity contribution < 1.29 is 14.2 Å². The Morgan fingerprint density at radius 2 is 2.18 bits per heavy atom. The van der Waals surface area contributed by atoms with E-state index in [-0.39, 0.29) is 18.4 Å². The molecule has 1 rings (SSSR count). The highest BCUT2D eigenvalue weighted by molar-refractivity contribution is 5.34. The summed E-state index contributed by atoms with van der Waals surface area (Å²) >= 11 is 0. The molecule has 0 saturated carbocycles. The molecule has 2 unspecified atom stereocenters. The first kappa shape index (κ1) is 13.9. The number of hydrogen-bond acceptors (Lipinski definition) is 3. The lowest BCUT2D eigenvalue weighted by Crippen LogP contribution is -2.41. The lowest BCUT2D eigenvalue weighted by molar-refractivity contribution is 0.229. The molecule has 0 fully saturated rings. The number of aliphatic hydroxyl groups excluding tert-OH is 1. The molecular weight excluding hydrogens is 221 g/mol. The first-order valence-electron chi connectivity index (χ1n) is 5.66. The second kappa shape index (κ2) is 5.47. The van der Waals surface area contributed by atoms with Gasteiger partial charge < -0.3 is 15.6 Å². The van der Waals surface area contributed by atoms with Crippen molar-refractivity contribution in [3.05, 3.63) is 29.6 Å². The largest absolute Gasteiger partial charge is 0.494 e. The van der Waals surface area contributed by atoms with Crippen molar-refractivity contribution in [1.29, 1.82) is 0 Å². The summed E-state index contributed by atoms with van der Waals surface area (Å²) in [5, 5.41) is 9.11. The van der Waals surface area contributed by atoms with Gasteiger partial charge in [-0.05, 0) is 31.0 Å². The van der Waals surface area contributed by atoms with Gasteiger partial charge in [0, 0.05) is 18.1 Å². The number of methoxy groups -OCH3 is 1. The maximum Gasteiger partial charge on any atom is 0.165 e. The summed E-state index contributed by atoms with van der Waals surface area (Å²) < 4.78 is 18.5. The molecule has 0 spiro atoms. The smallest absolute Gasteiger partial charge is 0.165 e. The Morgan fingerprint density at radius 1 is 1.53 bits per heavy atom. The standard InChI is InChI=1S/C13H20FNO2/c1-9(15)13(2,6-7-16)10-4-5-12(17-3)11(14)8-10/h4-5,8-9,16H,6-7,15H2,1-3H3. The van der Waals surface area contributed by atoms with Gasteiger partial charge in [-0.2, -0.15) is 0 Å². The zero-order valence-electron chi connectivity index (χ0n) is 10.5. The first-order valence-corrected chi connectivity index (χ1v) is 5.66. The first-order chi connectivity index (χ1) is 7.95. The predicted molar refractivity (Wildman–Crippen MR) is 65.7 cm³/mol. The highest BCUT2D eigenvalue weighted by Crippen LogP contribution is 2.32. The minimum atomic E-state index is -0.443. The summed E-state index contributed by atoms with van der Waals surface area (Å²) in [6.07, 6.45) is 0.496. The van der Waals surface area contributed by atoms with Gasteiger partial charge in [0.2, 0.25) is 0 Å². The summed E-state index contributed by atoms with van der Waals surface area (Å²) in [7, 11) is 1.43. The third-order valence-electron chi connectivity index (χ3n) is 3.45. The van der Waals surface area contributed by atoms with Crippen LogP contribution in [-0.4, -0.2) is 24.9 Å². The van der Waals surface area contributed by atoms with E-state index in [0.29, 0.717) is 6.42 Å². The van der Waals surface area contributed by atoms with E-state index in [4.69, 9.17) is 15.6 Å². The summed E-state index contributed by atoms with van der Waals surface area (Å²) in [4.78, 5) is 0. The molecule has 17 heavy (non-hydrogen) atoms. The highest BCUT2D eigenvalue weighted by Gasteiger charge is 2.31. The molecule has 3 nitrogen and oxygen atoms in total. The highest BCUT2D eigenvalue weighted by atomic mass is 19.1. The van der Waals surface area contributed by atoms with Crippen molar-refractivity contribution >= 4 is 0 Å². The number of nitrogens with two attached hydrogens (primary N) is 1. The normalized spacial score (nSPS) is 16.4. The van der Waals surface area contributed by atoms with Crippen molar-refractivity contribution in [3.8, 4) is 5.75 Å². The molecule has 0 aliphatic rings. The molecule has 4 heteroatoms. The molecule has 0 amide bonds. The molecule has 0 bridgehead atoms. The Morgan fingerprint density at radius 3 is 2.59 bits per heavy atom. The zero-order valence-corrected chi connectivity index (χ0v) is 10.5. The lowest BCUT2D eigenvalue weighted by atomic mass is 9.74. The lowest BCUT2D eigenvalue weighted by Gasteiger charge is -2.33. The Hall–Kier alpha value is -1.13. The number of hydrogen-bond donors (Lipinski definition) is 2. The quantitative estimate of drug-likeness (QED) is 0.826. The molecular formula is C13H20FNO2. The van der Waals surface area contributed by atoms with Crippen LogP contribution >= 0.6 is 0 Å². The molecule has 3 N–H and O–H groups in total. The van der Waals surface area contributed by atoms with Crippen LogP contribution in [0, 0.1) is 5.82 Å². The fourth-order valence-electron chi connectivity index (χ4n) is 1.89. The van der Waals surface area contributed by atoms with Crippen LogP contribution < -0.4 is 10.5 Å². The van der Waals surface area contributed by atoms with E-state index in [2.05, 4.69) is 0 Å². The van der Waals surface area contributed by atoms with E-state index >= 15 is 0 Å². The fourth-order valence-corrected chi connectivity index (χ4v) is 1.89. The summed E-state index contributed by atoms with van der Waals surface area (Å²) in [6, 6.07) is 4.63. The van der Waals surface area contributed by atoms with E-state index in [0.717, 1.165) is 5.56 Å². The second-order valence-electron chi connectivity index (χ2n) is 4.53. The topological polar surface area (TPSA) is 55.5 Å². The molecule has 0 aromatic heterocycles. The van der Waals surface area contributed by atoms with E-state index in [1.54, 1.807) is 12.1 Å². The van der Waals surface area contributed by atoms with E-state index < -0.39 is 11.2 Å². The van der Waals surface area contributed by atoms with Gasteiger partial charge in [0.15, 0.2) is 11.6 Å². The summed E-state index contributed by atoms with van der Waals surface area (Å²) in [5.41, 5.74) is 6.28. The number of ether oxygens (including phenoxy) is 1. The van der Waals surface area contributed by atoms with Crippen LogP contribution in [-0.2, 0) is 5.41 Å². The van der Waals surface area contributed by atoms with E-state index in [1.165, 1.54) is 13.2 Å². The molecule has 0 aliphatic heterocycles. The summed E-state index contributed by atoms with van der Waals surface area (Å²) in [5.74, 6) is -0.195. The van der Waals surface area contributed by atoms with Crippen LogP contribution in [0.25, 0.3) is 0 Å². The number of halogens is 1. The Balaban J connectivity index is 3.16. The zero-order chi connectivity index (χ0) is 13.1. The van der Waals surface area contributed by atoms with Crippen LogP contribution in [0.2, 0.25) is 0 Å². The molecule has 2 atom stereocenters. The minimum absolute atomic E-state index is 0.0195. The Bertz CT molecular complexity index is 382. The summed E-state index contributed by atoms with van der Waals surface area (Å²) in [6.45, 7) is 3.80. The molecule has 0 radical (unpaired) electrons. The van der Waals surface area contributed by atoms with Gasteiger partial charge in [-0.15, -0.1) is 0 Å². The number of benzene rings is 1. The maximum atomic E-state index is 13.7.